The highest BCUT2D eigenvalue weighted by Gasteiger charge is 2.06. The molecule has 0 nitrogen and oxygen atoms in total. The van der Waals surface area contributed by atoms with Crippen LogP contribution in [0.5, 0.6) is 0 Å². The Balaban J connectivity index is 3.39. The van der Waals surface area contributed by atoms with Crippen LogP contribution in [-0.2, 0) is 0 Å². The highest BCUT2D eigenvalue weighted by Crippen LogP contribution is 2.22. The van der Waals surface area contributed by atoms with Gasteiger partial charge in [0, 0.05) is 0 Å². The molecule has 0 aliphatic rings. The van der Waals surface area contributed by atoms with Crippen LogP contribution in [0.25, 0.3) is 0 Å². The van der Waals surface area contributed by atoms with Crippen molar-refractivity contribution in [3.05, 3.63) is 12.2 Å². The molecule has 0 heterocycles. The maximum absolute atomic E-state index is 2.44. The van der Waals surface area contributed by atoms with Gasteiger partial charge in [0.15, 0.2) is 0 Å². The van der Waals surface area contributed by atoms with Gasteiger partial charge in [-0.25, -0.2) is 0 Å². The van der Waals surface area contributed by atoms with Crippen LogP contribution in [-0.4, -0.2) is 0 Å². The molecule has 0 bridgehead atoms. The first-order chi connectivity index (χ1) is 13.7. The topological polar surface area (TPSA) is 0 Å². The highest BCUT2D eigenvalue weighted by molar-refractivity contribution is 4.81. The monoisotopic (exact) mass is 392 g/mol. The third kappa shape index (κ3) is 20.5. The Hall–Kier alpha value is -0.260. The second kappa shape index (κ2) is 23.0. The summed E-state index contributed by atoms with van der Waals surface area (Å²) in [6, 6.07) is 0. The van der Waals surface area contributed by atoms with Crippen molar-refractivity contribution >= 4 is 0 Å². The zero-order chi connectivity index (χ0) is 20.7. The summed E-state index contributed by atoms with van der Waals surface area (Å²) in [6.45, 7) is 9.42. The summed E-state index contributed by atoms with van der Waals surface area (Å²) in [4.78, 5) is 0. The van der Waals surface area contributed by atoms with Gasteiger partial charge < -0.3 is 0 Å². The quantitative estimate of drug-likeness (QED) is 0.127. The normalized spacial score (nSPS) is 14.0. The lowest BCUT2D eigenvalue weighted by molar-refractivity contribution is 0.392. The van der Waals surface area contributed by atoms with Crippen LogP contribution in [0.4, 0.5) is 0 Å². The molecule has 0 rings (SSSR count). The van der Waals surface area contributed by atoms with Gasteiger partial charge in [0.25, 0.3) is 0 Å². The Morgan fingerprint density at radius 3 is 1.50 bits per heavy atom. The average Bonchev–Trinajstić information content (AvgIpc) is 2.71. The average molecular weight is 393 g/mol. The van der Waals surface area contributed by atoms with Crippen molar-refractivity contribution in [2.24, 2.45) is 11.8 Å². The van der Waals surface area contributed by atoms with E-state index in [0.29, 0.717) is 0 Å². The van der Waals surface area contributed by atoms with E-state index < -0.39 is 0 Å². The molecule has 0 aliphatic heterocycles. The standard InChI is InChI=1S/C28H56/c1-5-8-9-10-11-12-13-14-15-16-19-22-25-28(7-3)26-23-20-17-18-21-24-27(4)6-2/h13-14,27-28H,5-12,15-26H2,1-4H3. The van der Waals surface area contributed by atoms with E-state index in [1.54, 1.807) is 0 Å². The minimum Gasteiger partial charge on any atom is -0.0885 e. The number of allylic oxidation sites excluding steroid dienone is 2. The maximum atomic E-state index is 2.44. The van der Waals surface area contributed by atoms with Crippen molar-refractivity contribution in [1.29, 1.82) is 0 Å². The fraction of sp³-hybridized carbons (Fsp3) is 0.929. The van der Waals surface area contributed by atoms with Crippen LogP contribution in [0.3, 0.4) is 0 Å². The summed E-state index contributed by atoms with van der Waals surface area (Å²) in [5.41, 5.74) is 0. The molecule has 28 heavy (non-hydrogen) atoms. The van der Waals surface area contributed by atoms with Crippen molar-refractivity contribution in [1.82, 2.24) is 0 Å². The van der Waals surface area contributed by atoms with Gasteiger partial charge in [-0.15, -0.1) is 0 Å². The van der Waals surface area contributed by atoms with Crippen molar-refractivity contribution in [3.8, 4) is 0 Å². The van der Waals surface area contributed by atoms with Gasteiger partial charge in [0.05, 0.1) is 0 Å². The zero-order valence-corrected chi connectivity index (χ0v) is 20.5. The van der Waals surface area contributed by atoms with Gasteiger partial charge in [0.2, 0.25) is 0 Å². The molecule has 0 amide bonds. The molecule has 0 heteroatoms. The Morgan fingerprint density at radius 2 is 0.964 bits per heavy atom. The molecule has 0 fully saturated rings. The van der Waals surface area contributed by atoms with Gasteiger partial charge in [-0.1, -0.05) is 143 Å². The Bertz CT molecular complexity index is 303. The van der Waals surface area contributed by atoms with E-state index in [1.807, 2.05) is 0 Å². The van der Waals surface area contributed by atoms with Crippen LogP contribution < -0.4 is 0 Å². The maximum Gasteiger partial charge on any atom is -0.0351 e. The third-order valence-corrected chi connectivity index (χ3v) is 6.71. The third-order valence-electron chi connectivity index (χ3n) is 6.71. The van der Waals surface area contributed by atoms with E-state index >= 15 is 0 Å². The van der Waals surface area contributed by atoms with Crippen molar-refractivity contribution < 1.29 is 0 Å². The molecule has 0 N–H and O–H groups in total. The number of unbranched alkanes of at least 4 members (excludes halogenated alkanes) is 12. The second-order valence-electron chi connectivity index (χ2n) is 9.45. The molecule has 168 valence electrons. The molecule has 0 aromatic carbocycles. The summed E-state index contributed by atoms with van der Waals surface area (Å²) in [6.07, 6.45) is 33.3. The first-order valence-electron chi connectivity index (χ1n) is 13.4. The van der Waals surface area contributed by atoms with Crippen LogP contribution in [0, 0.1) is 11.8 Å². The predicted molar refractivity (Wildman–Crippen MR) is 131 cm³/mol. The molecule has 0 radical (unpaired) electrons. The van der Waals surface area contributed by atoms with E-state index in [-0.39, 0.29) is 0 Å². The lowest BCUT2D eigenvalue weighted by Crippen LogP contribution is -1.99. The minimum absolute atomic E-state index is 0.940. The molecule has 0 saturated heterocycles. The van der Waals surface area contributed by atoms with Crippen LogP contribution >= 0.6 is 0 Å². The summed E-state index contributed by atoms with van der Waals surface area (Å²) in [5.74, 6) is 1.94. The SMILES string of the molecule is CCCCCCCC=CCCCCCC(CC)CCCCCCCC(C)CC. The largest absolute Gasteiger partial charge is 0.0885 e. The first kappa shape index (κ1) is 27.7. The molecule has 2 atom stereocenters. The Labute approximate surface area is 180 Å². The van der Waals surface area contributed by atoms with Gasteiger partial charge in [-0.3, -0.25) is 0 Å². The predicted octanol–water partition coefficient (Wildman–Crippen LogP) is 10.7. The van der Waals surface area contributed by atoms with E-state index in [9.17, 15) is 0 Å². The molecular formula is C28H56. The summed E-state index contributed by atoms with van der Waals surface area (Å²) in [7, 11) is 0. The van der Waals surface area contributed by atoms with Gasteiger partial charge in [-0.05, 0) is 37.5 Å². The van der Waals surface area contributed by atoms with Gasteiger partial charge in [-0.2, -0.15) is 0 Å². The molecule has 2 unspecified atom stereocenters. The number of hydrogen-bond acceptors (Lipinski definition) is 0. The number of hydrogen-bond donors (Lipinski definition) is 0. The molecular weight excluding hydrogens is 336 g/mol. The summed E-state index contributed by atoms with van der Waals surface area (Å²) in [5, 5.41) is 0. The lowest BCUT2D eigenvalue weighted by atomic mass is 9.92. The van der Waals surface area contributed by atoms with E-state index in [0.717, 1.165) is 11.8 Å². The highest BCUT2D eigenvalue weighted by atomic mass is 14.1. The van der Waals surface area contributed by atoms with E-state index in [1.165, 1.54) is 128 Å². The Morgan fingerprint density at radius 1 is 0.500 bits per heavy atom. The van der Waals surface area contributed by atoms with Crippen molar-refractivity contribution in [3.63, 3.8) is 0 Å². The van der Waals surface area contributed by atoms with Crippen LogP contribution in [0.2, 0.25) is 0 Å². The van der Waals surface area contributed by atoms with E-state index in [2.05, 4.69) is 39.8 Å². The Kier molecular flexibility index (Phi) is 22.8. The smallest absolute Gasteiger partial charge is 0.0351 e. The van der Waals surface area contributed by atoms with E-state index in [4.69, 9.17) is 0 Å². The molecule has 0 aromatic heterocycles. The fourth-order valence-corrected chi connectivity index (χ4v) is 4.19. The lowest BCUT2D eigenvalue weighted by Gasteiger charge is -2.14. The molecule has 0 spiro atoms. The van der Waals surface area contributed by atoms with Gasteiger partial charge in [0.1, 0.15) is 0 Å². The molecule has 0 aromatic rings. The number of rotatable bonds is 22. The fourth-order valence-electron chi connectivity index (χ4n) is 4.19. The summed E-state index contributed by atoms with van der Waals surface area (Å²) < 4.78 is 0. The first-order valence-corrected chi connectivity index (χ1v) is 13.4. The molecule has 0 saturated carbocycles. The minimum atomic E-state index is 0.940. The van der Waals surface area contributed by atoms with Gasteiger partial charge >= 0.3 is 0 Å². The van der Waals surface area contributed by atoms with Crippen molar-refractivity contribution in [2.75, 3.05) is 0 Å². The summed E-state index contributed by atoms with van der Waals surface area (Å²) >= 11 is 0. The van der Waals surface area contributed by atoms with Crippen LogP contribution in [0.1, 0.15) is 156 Å². The van der Waals surface area contributed by atoms with Crippen LogP contribution in [0.15, 0.2) is 12.2 Å². The molecule has 0 aliphatic carbocycles. The zero-order valence-electron chi connectivity index (χ0n) is 20.5. The van der Waals surface area contributed by atoms with Crippen molar-refractivity contribution in [2.45, 2.75) is 156 Å². The second-order valence-corrected chi connectivity index (χ2v) is 9.45.